The largest absolute Gasteiger partial charge is 0.467 e. The molecule has 3 aromatic carbocycles. The van der Waals surface area contributed by atoms with Gasteiger partial charge in [-0.2, -0.15) is 0 Å². The molecule has 43 heavy (non-hydrogen) atoms. The number of anilines is 1. The molecule has 0 saturated carbocycles. The Bertz CT molecular complexity index is 1610. The summed E-state index contributed by atoms with van der Waals surface area (Å²) in [6, 6.07) is 30.1. The Labute approximate surface area is 258 Å². The molecule has 3 heterocycles. The number of para-hydroxylation sites is 2. The van der Waals surface area contributed by atoms with Crippen molar-refractivity contribution >= 4 is 34.5 Å². The molecule has 0 spiro atoms. The third kappa shape index (κ3) is 7.12. The summed E-state index contributed by atoms with van der Waals surface area (Å²) in [4.78, 5) is 22.4. The molecule has 1 fully saturated rings. The third-order valence-electron chi connectivity index (χ3n) is 8.47. The van der Waals surface area contributed by atoms with E-state index in [1.807, 2.05) is 72.6 Å². The molecule has 1 amide bonds. The molecule has 1 saturated heterocycles. The number of piperidine rings is 1. The number of likely N-dealkylation sites (N-methyl/N-ethyl adjacent to an activating group) is 1. The van der Waals surface area contributed by atoms with Crippen molar-refractivity contribution in [2.24, 2.45) is 0 Å². The van der Waals surface area contributed by atoms with Crippen LogP contribution in [0, 0.1) is 0 Å². The minimum Gasteiger partial charge on any atom is -0.467 e. The molecular weight excluding hydrogens is 558 g/mol. The summed E-state index contributed by atoms with van der Waals surface area (Å²) in [5.41, 5.74) is 4.01. The van der Waals surface area contributed by atoms with Gasteiger partial charge in [-0.15, -0.1) is 0 Å². The van der Waals surface area contributed by atoms with Crippen molar-refractivity contribution in [3.05, 3.63) is 119 Å². The molecule has 1 N–H and O–H groups in total. The number of hydrogen-bond donors (Lipinski definition) is 1. The molecule has 1 aliphatic rings. The van der Waals surface area contributed by atoms with Gasteiger partial charge in [-0.3, -0.25) is 4.79 Å². The number of amides is 1. The van der Waals surface area contributed by atoms with Crippen LogP contribution in [0.5, 0.6) is 0 Å². The van der Waals surface area contributed by atoms with Crippen LogP contribution in [0.25, 0.3) is 11.0 Å². The number of aromatic nitrogens is 2. The van der Waals surface area contributed by atoms with E-state index in [-0.39, 0.29) is 11.8 Å². The Balaban J connectivity index is 1.07. The van der Waals surface area contributed by atoms with Gasteiger partial charge >= 0.3 is 0 Å². The van der Waals surface area contributed by atoms with Crippen LogP contribution in [0.2, 0.25) is 5.02 Å². The van der Waals surface area contributed by atoms with Crippen LogP contribution in [0.3, 0.4) is 0 Å². The highest BCUT2D eigenvalue weighted by atomic mass is 35.5. The molecule has 2 aromatic heterocycles. The first-order valence-corrected chi connectivity index (χ1v) is 15.4. The quantitative estimate of drug-likeness (QED) is 0.176. The Morgan fingerprint density at radius 1 is 1.00 bits per heavy atom. The maximum atomic E-state index is 13.1. The van der Waals surface area contributed by atoms with E-state index in [0.29, 0.717) is 24.7 Å². The predicted molar refractivity (Wildman–Crippen MR) is 173 cm³/mol. The molecule has 1 unspecified atom stereocenters. The van der Waals surface area contributed by atoms with E-state index >= 15 is 0 Å². The van der Waals surface area contributed by atoms with E-state index in [9.17, 15) is 4.79 Å². The Kier molecular flexibility index (Phi) is 9.10. The Morgan fingerprint density at radius 2 is 1.74 bits per heavy atom. The second-order valence-corrected chi connectivity index (χ2v) is 11.9. The van der Waals surface area contributed by atoms with Gasteiger partial charge in [0.25, 0.3) is 5.91 Å². The number of likely N-dealkylation sites (tertiary alicyclic amines) is 1. The molecule has 6 rings (SSSR count). The number of imidazole rings is 1. The first-order valence-electron chi connectivity index (χ1n) is 15.1. The van der Waals surface area contributed by atoms with Crippen molar-refractivity contribution in [2.45, 2.75) is 37.8 Å². The van der Waals surface area contributed by atoms with Gasteiger partial charge in [0.05, 0.1) is 23.8 Å². The molecule has 7 nitrogen and oxygen atoms in total. The average Bonchev–Trinajstić information content (AvgIpc) is 3.68. The van der Waals surface area contributed by atoms with E-state index in [1.54, 1.807) is 6.26 Å². The van der Waals surface area contributed by atoms with Crippen molar-refractivity contribution in [1.82, 2.24) is 19.4 Å². The fraction of sp³-hybridized carbons (Fsp3) is 0.314. The van der Waals surface area contributed by atoms with Crippen LogP contribution >= 0.6 is 11.6 Å². The summed E-state index contributed by atoms with van der Waals surface area (Å²) in [6.07, 6.45) is 4.77. The average molecular weight is 596 g/mol. The SMILES string of the molecule is CN(CC(CCN1CCC(Nc2nc3ccccc3n2Cc2ccco2)CC1)c1ccc(Cl)cc1)C(=O)c1ccccc1. The first kappa shape index (κ1) is 29.0. The van der Waals surface area contributed by atoms with Gasteiger partial charge in [-0.05, 0) is 79.9 Å². The number of furan rings is 1. The number of hydrogen-bond acceptors (Lipinski definition) is 5. The molecule has 222 valence electrons. The molecular formula is C35H38ClN5O2. The summed E-state index contributed by atoms with van der Waals surface area (Å²) in [5.74, 6) is 2.06. The Morgan fingerprint density at radius 3 is 2.49 bits per heavy atom. The van der Waals surface area contributed by atoms with E-state index in [4.69, 9.17) is 21.0 Å². The number of rotatable bonds is 11. The summed E-state index contributed by atoms with van der Waals surface area (Å²) < 4.78 is 7.86. The lowest BCUT2D eigenvalue weighted by atomic mass is 9.94. The van der Waals surface area contributed by atoms with Gasteiger partial charge in [-0.25, -0.2) is 4.98 Å². The van der Waals surface area contributed by atoms with Crippen molar-refractivity contribution in [1.29, 1.82) is 0 Å². The molecule has 1 aliphatic heterocycles. The summed E-state index contributed by atoms with van der Waals surface area (Å²) >= 11 is 6.20. The van der Waals surface area contributed by atoms with Gasteiger partial charge in [-0.1, -0.05) is 54.1 Å². The van der Waals surface area contributed by atoms with Crippen LogP contribution in [0.15, 0.2) is 102 Å². The van der Waals surface area contributed by atoms with E-state index in [2.05, 4.69) is 45.1 Å². The van der Waals surface area contributed by atoms with Crippen molar-refractivity contribution < 1.29 is 9.21 Å². The normalized spacial score (nSPS) is 15.0. The highest BCUT2D eigenvalue weighted by molar-refractivity contribution is 6.30. The lowest BCUT2D eigenvalue weighted by molar-refractivity contribution is 0.0782. The maximum Gasteiger partial charge on any atom is 0.253 e. The topological polar surface area (TPSA) is 66.5 Å². The zero-order chi connectivity index (χ0) is 29.6. The molecule has 8 heteroatoms. The number of carbonyl (C=O) groups is 1. The van der Waals surface area contributed by atoms with Gasteiger partial charge in [0, 0.05) is 49.2 Å². The fourth-order valence-corrected chi connectivity index (χ4v) is 6.16. The van der Waals surface area contributed by atoms with Crippen molar-refractivity contribution in [3.63, 3.8) is 0 Å². The molecule has 0 bridgehead atoms. The Hall–Kier alpha value is -4.07. The zero-order valence-corrected chi connectivity index (χ0v) is 25.3. The smallest absolute Gasteiger partial charge is 0.253 e. The second kappa shape index (κ2) is 13.5. The molecule has 0 aliphatic carbocycles. The van der Waals surface area contributed by atoms with E-state index in [0.717, 1.165) is 66.7 Å². The van der Waals surface area contributed by atoms with Crippen LogP contribution < -0.4 is 5.32 Å². The monoisotopic (exact) mass is 595 g/mol. The fourth-order valence-electron chi connectivity index (χ4n) is 6.04. The van der Waals surface area contributed by atoms with Gasteiger partial charge in [0.1, 0.15) is 5.76 Å². The van der Waals surface area contributed by atoms with E-state index in [1.165, 1.54) is 5.56 Å². The molecule has 5 aromatic rings. The minimum absolute atomic E-state index is 0.0459. The van der Waals surface area contributed by atoms with E-state index < -0.39 is 0 Å². The van der Waals surface area contributed by atoms with Crippen molar-refractivity contribution in [2.75, 3.05) is 38.5 Å². The number of nitrogens with zero attached hydrogens (tertiary/aromatic N) is 4. The standard InChI is InChI=1S/C35H38ClN5O2/c1-39(34(42)27-8-3-2-4-9-27)24-28(26-13-15-29(36)16-14-26)17-20-40-21-18-30(19-22-40)37-35-38-32-11-5-6-12-33(32)41(35)25-31-10-7-23-43-31/h2-16,23,28,30H,17-22,24-25H2,1H3,(H,37,38). The zero-order valence-electron chi connectivity index (χ0n) is 24.5. The summed E-state index contributed by atoms with van der Waals surface area (Å²) in [6.45, 7) is 4.30. The second-order valence-electron chi connectivity index (χ2n) is 11.4. The minimum atomic E-state index is 0.0459. The molecule has 0 radical (unpaired) electrons. The number of fused-ring (bicyclic) bond motifs is 1. The number of nitrogens with one attached hydrogen (secondary N) is 1. The summed E-state index contributed by atoms with van der Waals surface area (Å²) in [5, 5.41) is 4.47. The lowest BCUT2D eigenvalue weighted by Gasteiger charge is -2.34. The highest BCUT2D eigenvalue weighted by Gasteiger charge is 2.24. The summed E-state index contributed by atoms with van der Waals surface area (Å²) in [7, 11) is 1.90. The number of halogens is 1. The molecule has 1 atom stereocenters. The van der Waals surface area contributed by atoms with Gasteiger partial charge in [0.15, 0.2) is 0 Å². The maximum absolute atomic E-state index is 13.1. The first-order chi connectivity index (χ1) is 21.0. The highest BCUT2D eigenvalue weighted by Crippen LogP contribution is 2.27. The van der Waals surface area contributed by atoms with Crippen LogP contribution in [-0.4, -0.2) is 64.5 Å². The van der Waals surface area contributed by atoms with Crippen molar-refractivity contribution in [3.8, 4) is 0 Å². The number of carbonyl (C=O) groups excluding carboxylic acids is 1. The third-order valence-corrected chi connectivity index (χ3v) is 8.72. The number of benzene rings is 3. The van der Waals surface area contributed by atoms with Crippen LogP contribution in [0.1, 0.15) is 46.9 Å². The van der Waals surface area contributed by atoms with Gasteiger partial charge < -0.3 is 24.1 Å². The van der Waals surface area contributed by atoms with Gasteiger partial charge in [0.2, 0.25) is 5.95 Å². The lowest BCUT2D eigenvalue weighted by Crippen LogP contribution is -2.40. The predicted octanol–water partition coefficient (Wildman–Crippen LogP) is 7.15. The van der Waals surface area contributed by atoms with Crippen LogP contribution in [0.4, 0.5) is 5.95 Å². The van der Waals surface area contributed by atoms with Crippen LogP contribution in [-0.2, 0) is 6.54 Å².